The SMILES string of the molecule is CCCCCCCCCCCCCCC(O)C[N+](C)(C)CC(O)CCCCCCCCCCCCCC. The minimum atomic E-state index is -0.239. The molecule has 3 nitrogen and oxygen atoms in total. The Morgan fingerprint density at radius 2 is 0.595 bits per heavy atom. The molecule has 224 valence electrons. The average Bonchev–Trinajstić information content (AvgIpc) is 2.84. The van der Waals surface area contributed by atoms with Crippen LogP contribution in [0.2, 0.25) is 0 Å². The van der Waals surface area contributed by atoms with E-state index in [0.717, 1.165) is 43.3 Å². The second-order valence-corrected chi connectivity index (χ2v) is 13.0. The summed E-state index contributed by atoms with van der Waals surface area (Å²) >= 11 is 0. The molecule has 0 fully saturated rings. The Morgan fingerprint density at radius 1 is 0.378 bits per heavy atom. The number of aliphatic hydroxyl groups is 2. The van der Waals surface area contributed by atoms with Crippen LogP contribution >= 0.6 is 0 Å². The van der Waals surface area contributed by atoms with Gasteiger partial charge in [0.15, 0.2) is 0 Å². The van der Waals surface area contributed by atoms with Crippen molar-refractivity contribution in [2.75, 3.05) is 27.2 Å². The fourth-order valence-corrected chi connectivity index (χ4v) is 5.84. The van der Waals surface area contributed by atoms with Crippen LogP contribution in [0.15, 0.2) is 0 Å². The summed E-state index contributed by atoms with van der Waals surface area (Å²) in [7, 11) is 4.33. The molecule has 2 unspecified atom stereocenters. The van der Waals surface area contributed by atoms with E-state index in [0.29, 0.717) is 0 Å². The molecule has 0 aromatic heterocycles. The molecule has 0 heterocycles. The highest BCUT2D eigenvalue weighted by molar-refractivity contribution is 4.60. The van der Waals surface area contributed by atoms with Gasteiger partial charge in [-0.05, 0) is 12.8 Å². The lowest BCUT2D eigenvalue weighted by Crippen LogP contribution is -2.49. The maximum absolute atomic E-state index is 10.6. The maximum atomic E-state index is 10.6. The van der Waals surface area contributed by atoms with E-state index in [2.05, 4.69) is 27.9 Å². The van der Waals surface area contributed by atoms with Crippen LogP contribution in [0.3, 0.4) is 0 Å². The van der Waals surface area contributed by atoms with Crippen molar-refractivity contribution in [1.82, 2.24) is 0 Å². The first-order valence-electron chi connectivity index (χ1n) is 17.1. The van der Waals surface area contributed by atoms with Gasteiger partial charge in [0.2, 0.25) is 0 Å². The van der Waals surface area contributed by atoms with Crippen LogP contribution < -0.4 is 0 Å². The van der Waals surface area contributed by atoms with E-state index < -0.39 is 0 Å². The zero-order chi connectivity index (χ0) is 27.5. The summed E-state index contributed by atoms with van der Waals surface area (Å²) in [4.78, 5) is 0. The van der Waals surface area contributed by atoms with Gasteiger partial charge in [-0.1, -0.05) is 168 Å². The van der Waals surface area contributed by atoms with E-state index in [9.17, 15) is 10.2 Å². The summed E-state index contributed by atoms with van der Waals surface area (Å²) in [5.74, 6) is 0. The van der Waals surface area contributed by atoms with Crippen molar-refractivity contribution in [3.05, 3.63) is 0 Å². The van der Waals surface area contributed by atoms with Crippen LogP contribution in [-0.2, 0) is 0 Å². The number of hydrogen-bond acceptors (Lipinski definition) is 2. The summed E-state index contributed by atoms with van der Waals surface area (Å²) in [6, 6.07) is 0. The second kappa shape index (κ2) is 27.4. The molecule has 0 aromatic rings. The molecule has 0 aromatic carbocycles. The topological polar surface area (TPSA) is 40.5 Å². The Morgan fingerprint density at radius 3 is 0.838 bits per heavy atom. The molecule has 0 aliphatic heterocycles. The van der Waals surface area contributed by atoms with E-state index in [4.69, 9.17) is 0 Å². The van der Waals surface area contributed by atoms with E-state index in [-0.39, 0.29) is 12.2 Å². The zero-order valence-corrected chi connectivity index (χ0v) is 26.3. The normalized spacial score (nSPS) is 13.8. The van der Waals surface area contributed by atoms with E-state index in [1.165, 1.54) is 141 Å². The van der Waals surface area contributed by atoms with Crippen LogP contribution in [0, 0.1) is 0 Å². The first kappa shape index (κ1) is 36.9. The number of quaternary nitrogens is 1. The Bertz CT molecular complexity index is 402. The number of rotatable bonds is 30. The average molecular weight is 527 g/mol. The third-order valence-corrected chi connectivity index (χ3v) is 8.19. The van der Waals surface area contributed by atoms with Crippen molar-refractivity contribution in [2.45, 2.75) is 193 Å². The Balaban J connectivity index is 3.57. The molecule has 37 heavy (non-hydrogen) atoms. The van der Waals surface area contributed by atoms with Crippen molar-refractivity contribution in [1.29, 1.82) is 0 Å². The molecule has 3 heteroatoms. The lowest BCUT2D eigenvalue weighted by atomic mass is 10.0. The van der Waals surface area contributed by atoms with Gasteiger partial charge in [-0.2, -0.15) is 0 Å². The zero-order valence-electron chi connectivity index (χ0n) is 26.3. The molecular formula is C34H72NO2+. The van der Waals surface area contributed by atoms with Crippen molar-refractivity contribution < 1.29 is 14.7 Å². The first-order valence-corrected chi connectivity index (χ1v) is 17.1. The molecule has 0 rings (SSSR count). The minimum absolute atomic E-state index is 0.239. The summed E-state index contributed by atoms with van der Waals surface area (Å²) < 4.78 is 0.721. The maximum Gasteiger partial charge on any atom is 0.105 e. The van der Waals surface area contributed by atoms with Gasteiger partial charge < -0.3 is 14.7 Å². The van der Waals surface area contributed by atoms with Crippen LogP contribution in [0.4, 0.5) is 0 Å². The fourth-order valence-electron chi connectivity index (χ4n) is 5.84. The smallest absolute Gasteiger partial charge is 0.105 e. The molecule has 0 aliphatic carbocycles. The van der Waals surface area contributed by atoms with Gasteiger partial charge in [0.1, 0.15) is 25.3 Å². The van der Waals surface area contributed by atoms with Crippen LogP contribution in [0.1, 0.15) is 181 Å². The van der Waals surface area contributed by atoms with Gasteiger partial charge in [0, 0.05) is 0 Å². The lowest BCUT2D eigenvalue weighted by molar-refractivity contribution is -0.896. The van der Waals surface area contributed by atoms with Crippen molar-refractivity contribution in [2.24, 2.45) is 0 Å². The monoisotopic (exact) mass is 527 g/mol. The Kier molecular flexibility index (Phi) is 27.4. The fraction of sp³-hybridized carbons (Fsp3) is 1.00. The van der Waals surface area contributed by atoms with E-state index in [1.807, 2.05) is 0 Å². The van der Waals surface area contributed by atoms with Gasteiger partial charge in [-0.3, -0.25) is 0 Å². The summed E-state index contributed by atoms with van der Waals surface area (Å²) in [5, 5.41) is 21.1. The van der Waals surface area contributed by atoms with Gasteiger partial charge >= 0.3 is 0 Å². The third kappa shape index (κ3) is 28.7. The molecule has 0 bridgehead atoms. The van der Waals surface area contributed by atoms with Crippen molar-refractivity contribution in [3.8, 4) is 0 Å². The van der Waals surface area contributed by atoms with E-state index in [1.54, 1.807) is 0 Å². The predicted molar refractivity (Wildman–Crippen MR) is 165 cm³/mol. The van der Waals surface area contributed by atoms with Crippen LogP contribution in [0.5, 0.6) is 0 Å². The molecule has 2 atom stereocenters. The molecule has 0 saturated heterocycles. The Labute approximate surface area is 234 Å². The molecular weight excluding hydrogens is 454 g/mol. The highest BCUT2D eigenvalue weighted by Crippen LogP contribution is 2.16. The standard InChI is InChI=1S/C34H72NO2/c1-5-7-9-11-13-15-17-19-21-23-25-27-29-33(36)31-35(3,4)32-34(37)30-28-26-24-22-20-18-16-14-12-10-8-6-2/h33-34,36-37H,5-32H2,1-4H3/q+1. The number of likely N-dealkylation sites (N-methyl/N-ethyl adjacent to an activating group) is 1. The van der Waals surface area contributed by atoms with Gasteiger partial charge in [-0.25, -0.2) is 0 Å². The van der Waals surface area contributed by atoms with Gasteiger partial charge in [0.05, 0.1) is 14.1 Å². The first-order chi connectivity index (χ1) is 17.9. The minimum Gasteiger partial charge on any atom is -0.387 e. The molecule has 0 aliphatic rings. The lowest BCUT2D eigenvalue weighted by Gasteiger charge is -2.33. The highest BCUT2D eigenvalue weighted by Gasteiger charge is 2.23. The summed E-state index contributed by atoms with van der Waals surface area (Å²) in [6.07, 6.45) is 33.9. The molecule has 0 spiro atoms. The van der Waals surface area contributed by atoms with Crippen molar-refractivity contribution in [3.63, 3.8) is 0 Å². The second-order valence-electron chi connectivity index (χ2n) is 13.0. The van der Waals surface area contributed by atoms with Gasteiger partial charge in [-0.15, -0.1) is 0 Å². The molecule has 0 radical (unpaired) electrons. The number of nitrogens with zero attached hydrogens (tertiary/aromatic N) is 1. The molecule has 0 amide bonds. The quantitative estimate of drug-likeness (QED) is 0.0722. The Hall–Kier alpha value is -0.120. The summed E-state index contributed by atoms with van der Waals surface area (Å²) in [6.45, 7) is 6.08. The predicted octanol–water partition coefficient (Wildman–Crippen LogP) is 9.97. The van der Waals surface area contributed by atoms with Crippen LogP contribution in [0.25, 0.3) is 0 Å². The number of unbranched alkanes of at least 4 members (excludes halogenated alkanes) is 22. The molecule has 0 saturated carbocycles. The van der Waals surface area contributed by atoms with Crippen LogP contribution in [-0.4, -0.2) is 54.1 Å². The number of aliphatic hydroxyl groups excluding tert-OH is 2. The molecule has 2 N–H and O–H groups in total. The number of hydrogen-bond donors (Lipinski definition) is 2. The largest absolute Gasteiger partial charge is 0.387 e. The third-order valence-electron chi connectivity index (χ3n) is 8.19. The van der Waals surface area contributed by atoms with Gasteiger partial charge in [0.25, 0.3) is 0 Å². The van der Waals surface area contributed by atoms with E-state index >= 15 is 0 Å². The summed E-state index contributed by atoms with van der Waals surface area (Å²) in [5.41, 5.74) is 0. The highest BCUT2D eigenvalue weighted by atomic mass is 16.3. The van der Waals surface area contributed by atoms with Crippen molar-refractivity contribution >= 4 is 0 Å².